The zero-order valence-electron chi connectivity index (χ0n) is 23.8. The molecule has 2 saturated heterocycles. The molecule has 0 amide bonds. The summed E-state index contributed by atoms with van der Waals surface area (Å²) in [6.45, 7) is 15.4. The lowest BCUT2D eigenvalue weighted by Crippen LogP contribution is -2.73. The van der Waals surface area contributed by atoms with Gasteiger partial charge < -0.3 is 29.2 Å². The van der Waals surface area contributed by atoms with Gasteiger partial charge in [0.15, 0.2) is 6.10 Å². The van der Waals surface area contributed by atoms with Crippen molar-refractivity contribution in [3.05, 3.63) is 60.3 Å². The van der Waals surface area contributed by atoms with Crippen LogP contribution in [0.15, 0.2) is 60.3 Å². The monoisotopic (exact) mass is 542 g/mol. The summed E-state index contributed by atoms with van der Waals surface area (Å²) in [5, 5.41) is 23.2. The van der Waals surface area contributed by atoms with Crippen molar-refractivity contribution < 1.29 is 38.7 Å². The molecular formula is C31H42O8. The van der Waals surface area contributed by atoms with Gasteiger partial charge in [0.1, 0.15) is 17.8 Å². The van der Waals surface area contributed by atoms with E-state index in [0.29, 0.717) is 12.3 Å². The van der Waals surface area contributed by atoms with Gasteiger partial charge in [0.05, 0.1) is 12.2 Å². The zero-order chi connectivity index (χ0) is 28.8. The maximum Gasteiger partial charge on any atom is 0.331 e. The Bertz CT molecular complexity index is 1130. The van der Waals surface area contributed by atoms with E-state index in [0.717, 1.165) is 17.6 Å². The molecule has 0 aromatic carbocycles. The van der Waals surface area contributed by atoms with Crippen LogP contribution in [-0.2, 0) is 28.5 Å². The number of aliphatic hydroxyl groups is 2. The number of rotatable bonds is 8. The summed E-state index contributed by atoms with van der Waals surface area (Å²) in [7, 11) is 0. The Hall–Kier alpha value is -2.52. The summed E-state index contributed by atoms with van der Waals surface area (Å²) in [4.78, 5) is 25.0. The predicted molar refractivity (Wildman–Crippen MR) is 145 cm³/mol. The average molecular weight is 543 g/mol. The molecule has 4 rings (SSSR count). The topological polar surface area (TPSA) is 115 Å². The summed E-state index contributed by atoms with van der Waals surface area (Å²) >= 11 is 0. The minimum Gasteiger partial charge on any atom is -0.458 e. The number of fused-ring (bicyclic) bond motifs is 2. The third-order valence-electron chi connectivity index (χ3n) is 9.20. The molecule has 9 atom stereocenters. The average Bonchev–Trinajstić information content (AvgIpc) is 3.56. The molecule has 39 heavy (non-hydrogen) atoms. The minimum absolute atomic E-state index is 0.0370. The fourth-order valence-corrected chi connectivity index (χ4v) is 6.70. The Morgan fingerprint density at radius 3 is 2.41 bits per heavy atom. The summed E-state index contributed by atoms with van der Waals surface area (Å²) in [6, 6.07) is 0. The molecule has 0 radical (unpaired) electrons. The van der Waals surface area contributed by atoms with Gasteiger partial charge in [0.25, 0.3) is 0 Å². The highest BCUT2D eigenvalue weighted by Gasteiger charge is 2.89. The van der Waals surface area contributed by atoms with Crippen molar-refractivity contribution >= 4 is 11.9 Å². The smallest absolute Gasteiger partial charge is 0.331 e. The van der Waals surface area contributed by atoms with Crippen molar-refractivity contribution in [2.75, 3.05) is 6.61 Å². The second-order valence-electron chi connectivity index (χ2n) is 12.0. The summed E-state index contributed by atoms with van der Waals surface area (Å²) in [6.07, 6.45) is 11.0. The predicted octanol–water partition coefficient (Wildman–Crippen LogP) is 4.08. The van der Waals surface area contributed by atoms with Crippen molar-refractivity contribution in [3.63, 3.8) is 0 Å². The molecule has 8 nitrogen and oxygen atoms in total. The molecule has 0 aromatic heterocycles. The number of carbonyl (C=O) groups is 2. The van der Waals surface area contributed by atoms with Crippen molar-refractivity contribution in [1.82, 2.24) is 0 Å². The molecule has 4 aliphatic rings. The zero-order valence-corrected chi connectivity index (χ0v) is 23.8. The highest BCUT2D eigenvalue weighted by atomic mass is 16.7. The van der Waals surface area contributed by atoms with Crippen LogP contribution in [0.25, 0.3) is 0 Å². The fraction of sp³-hybridized carbons (Fsp3) is 0.613. The quantitative estimate of drug-likeness (QED) is 0.155. The number of hydrogen-bond donors (Lipinski definition) is 2. The van der Waals surface area contributed by atoms with Gasteiger partial charge in [-0.05, 0) is 31.8 Å². The van der Waals surface area contributed by atoms with Gasteiger partial charge in [-0.3, -0.25) is 4.79 Å². The first kappa shape index (κ1) is 29.5. The largest absolute Gasteiger partial charge is 0.458 e. The van der Waals surface area contributed by atoms with E-state index >= 15 is 0 Å². The van der Waals surface area contributed by atoms with Crippen LogP contribution in [0.2, 0.25) is 0 Å². The Labute approximate surface area is 231 Å². The third kappa shape index (κ3) is 4.97. The first-order valence-corrected chi connectivity index (χ1v) is 13.7. The van der Waals surface area contributed by atoms with Crippen LogP contribution in [0.3, 0.4) is 0 Å². The number of carbonyl (C=O) groups excluding carboxylic acids is 2. The van der Waals surface area contributed by atoms with E-state index in [9.17, 15) is 19.8 Å². The minimum atomic E-state index is -1.66. The maximum absolute atomic E-state index is 13.0. The van der Waals surface area contributed by atoms with E-state index < -0.39 is 58.6 Å². The van der Waals surface area contributed by atoms with E-state index in [1.54, 1.807) is 19.1 Å². The molecule has 2 N–H and O–H groups in total. The van der Waals surface area contributed by atoms with Gasteiger partial charge in [-0.25, -0.2) is 4.79 Å². The normalized spacial score (nSPS) is 42.4. The van der Waals surface area contributed by atoms with Gasteiger partial charge in [-0.1, -0.05) is 75.8 Å². The van der Waals surface area contributed by atoms with Gasteiger partial charge in [-0.2, -0.15) is 0 Å². The summed E-state index contributed by atoms with van der Waals surface area (Å²) in [5.41, 5.74) is -1.74. The lowest BCUT2D eigenvalue weighted by Gasteiger charge is -2.58. The molecule has 2 aliphatic heterocycles. The van der Waals surface area contributed by atoms with Crippen molar-refractivity contribution in [2.24, 2.45) is 17.3 Å². The Balaban J connectivity index is 1.55. The molecule has 0 bridgehead atoms. The molecule has 2 saturated carbocycles. The van der Waals surface area contributed by atoms with Gasteiger partial charge >= 0.3 is 11.9 Å². The Morgan fingerprint density at radius 2 is 1.77 bits per heavy atom. The molecule has 2 aliphatic carbocycles. The maximum atomic E-state index is 13.0. The first-order valence-electron chi connectivity index (χ1n) is 13.7. The SMILES string of the molecule is C=C1CO[C@@]2(O)[C@@H]1C[C@]1(C)[C@]3(O[C@@H]23)[C@@H](OC(=O)/C=C/C=C\C=C/C(C)=C/[C@@H](C)CC)[C@H](OC(C)=O)C[C@@]1(C)O. The first-order chi connectivity index (χ1) is 18.2. The lowest BCUT2D eigenvalue weighted by molar-refractivity contribution is -0.265. The fourth-order valence-electron chi connectivity index (χ4n) is 6.70. The molecule has 4 fully saturated rings. The van der Waals surface area contributed by atoms with Crippen molar-refractivity contribution in [2.45, 2.75) is 96.1 Å². The van der Waals surface area contributed by atoms with Crippen LogP contribution in [0.4, 0.5) is 0 Å². The van der Waals surface area contributed by atoms with Crippen molar-refractivity contribution in [3.8, 4) is 0 Å². The van der Waals surface area contributed by atoms with E-state index in [-0.39, 0.29) is 13.0 Å². The molecular weight excluding hydrogens is 500 g/mol. The number of ether oxygens (including phenoxy) is 4. The standard InChI is InChI=1S/C31H42O8/c1-8-19(2)15-20(3)13-11-9-10-12-14-25(33)38-26-24(37-22(5)32)17-29(7,34)28(6)16-23-21(4)18-36-31(23,35)27-30(26,28)39-27/h9-15,19,23-24,26-27,34-35H,4,8,16-18H2,1-3,5-7H3/b10-9-,13-11-,14-12+,20-15+/t19-,23+,24+,26-,27+,28-,29+,30-,31-/m0/s1. The van der Waals surface area contributed by atoms with Crippen LogP contribution in [-0.4, -0.2) is 64.1 Å². The van der Waals surface area contributed by atoms with Crippen LogP contribution < -0.4 is 0 Å². The molecule has 0 aromatic rings. The van der Waals surface area contributed by atoms with Crippen LogP contribution in [0.1, 0.15) is 60.8 Å². The van der Waals surface area contributed by atoms with E-state index in [4.69, 9.17) is 18.9 Å². The van der Waals surface area contributed by atoms with Gasteiger partial charge in [0.2, 0.25) is 5.79 Å². The summed E-state index contributed by atoms with van der Waals surface area (Å²) in [5.74, 6) is -2.83. The molecule has 0 unspecified atom stereocenters. The highest BCUT2D eigenvalue weighted by molar-refractivity contribution is 5.82. The second-order valence-corrected chi connectivity index (χ2v) is 12.0. The molecule has 8 heteroatoms. The highest BCUT2D eigenvalue weighted by Crippen LogP contribution is 2.73. The number of epoxide rings is 1. The van der Waals surface area contributed by atoms with Crippen LogP contribution in [0, 0.1) is 17.3 Å². The molecule has 214 valence electrons. The van der Waals surface area contributed by atoms with Gasteiger partial charge in [0, 0.05) is 30.8 Å². The lowest BCUT2D eigenvalue weighted by atomic mass is 9.48. The second kappa shape index (κ2) is 10.5. The third-order valence-corrected chi connectivity index (χ3v) is 9.20. The van der Waals surface area contributed by atoms with Crippen molar-refractivity contribution in [1.29, 1.82) is 0 Å². The molecule has 2 heterocycles. The van der Waals surface area contributed by atoms with E-state index in [2.05, 4.69) is 26.5 Å². The van der Waals surface area contributed by atoms with Crippen LogP contribution >= 0.6 is 0 Å². The van der Waals surface area contributed by atoms with E-state index in [1.165, 1.54) is 13.0 Å². The number of allylic oxidation sites excluding steroid dienone is 7. The molecule has 1 spiro atoms. The Kier molecular flexibility index (Phi) is 7.91. The summed E-state index contributed by atoms with van der Waals surface area (Å²) < 4.78 is 23.4. The Morgan fingerprint density at radius 1 is 1.10 bits per heavy atom. The van der Waals surface area contributed by atoms with E-state index in [1.807, 2.05) is 32.1 Å². The number of esters is 2. The van der Waals surface area contributed by atoms with Crippen LogP contribution in [0.5, 0.6) is 0 Å². The van der Waals surface area contributed by atoms with Gasteiger partial charge in [-0.15, -0.1) is 0 Å². The number of hydrogen-bond acceptors (Lipinski definition) is 8.